The number of nitrogens with two attached hydrogens (primary N) is 1. The topological polar surface area (TPSA) is 130 Å². The maximum absolute atomic E-state index is 14.3. The third-order valence-electron chi connectivity index (χ3n) is 8.37. The second kappa shape index (κ2) is 18.7. The minimum absolute atomic E-state index is 0. The van der Waals surface area contributed by atoms with Gasteiger partial charge in [0.2, 0.25) is 5.28 Å². The van der Waals surface area contributed by atoms with Gasteiger partial charge in [-0.1, -0.05) is 29.6 Å². The number of nitrogens with zero attached hydrogens (tertiary/aromatic N) is 4. The highest BCUT2D eigenvalue weighted by atomic mass is 35.5. The Morgan fingerprint density at radius 3 is 1.60 bits per heavy atom. The fraction of sp³-hybridized carbons (Fsp3) is 0.371. The van der Waals surface area contributed by atoms with Crippen molar-refractivity contribution in [3.63, 3.8) is 0 Å². The van der Waals surface area contributed by atoms with Crippen LogP contribution in [0.1, 0.15) is 90.0 Å². The number of ether oxygens (including phenoxy) is 2. The fourth-order valence-corrected chi connectivity index (χ4v) is 5.90. The summed E-state index contributed by atoms with van der Waals surface area (Å²) in [4.78, 5) is 38.4. The molecule has 2 heterocycles. The summed E-state index contributed by atoms with van der Waals surface area (Å²) < 4.78 is 37.3. The van der Waals surface area contributed by atoms with Gasteiger partial charge in [-0.25, -0.2) is 38.3 Å². The first kappa shape index (κ1) is 40.9. The molecule has 2 fully saturated rings. The molecule has 2 aromatic heterocycles. The van der Waals surface area contributed by atoms with Crippen LogP contribution >= 0.6 is 47.2 Å². The molecule has 15 heteroatoms. The highest BCUT2D eigenvalue weighted by molar-refractivity contribution is 6.31. The summed E-state index contributed by atoms with van der Waals surface area (Å²) in [5.74, 6) is -0.784. The molecule has 2 aliphatic rings. The zero-order valence-electron chi connectivity index (χ0n) is 27.4. The van der Waals surface area contributed by atoms with Crippen molar-refractivity contribution in [3.05, 3.63) is 116 Å². The van der Waals surface area contributed by atoms with Crippen molar-refractivity contribution >= 4 is 59.1 Å². The van der Waals surface area contributed by atoms with Crippen molar-refractivity contribution in [1.29, 1.82) is 0 Å². The van der Waals surface area contributed by atoms with Crippen LogP contribution in [0.2, 0.25) is 15.3 Å². The van der Waals surface area contributed by atoms with Gasteiger partial charge in [-0.3, -0.25) is 0 Å². The van der Waals surface area contributed by atoms with Crippen LogP contribution in [0.4, 0.5) is 8.78 Å². The molecule has 0 bridgehead atoms. The molecule has 0 saturated heterocycles. The third kappa shape index (κ3) is 10.5. The van der Waals surface area contributed by atoms with E-state index in [1.54, 1.807) is 38.1 Å². The number of carbonyl (C=O) groups excluding carboxylic acids is 2. The van der Waals surface area contributed by atoms with Gasteiger partial charge in [-0.15, -0.1) is 12.4 Å². The molecule has 0 amide bonds. The SMILES string of the molecule is CCOC(=O)c1cnc(CC2(c3cc(Cl)ccc3F)CCC2)nc1.CCOC(=O)c1cnc(Cl)nc1.Cl.NC1(c2cc(Cl)ccc2F)CCC1. The Labute approximate surface area is 310 Å². The highest BCUT2D eigenvalue weighted by Gasteiger charge is 2.41. The second-order valence-corrected chi connectivity index (χ2v) is 12.8. The van der Waals surface area contributed by atoms with E-state index in [2.05, 4.69) is 19.9 Å². The second-order valence-electron chi connectivity index (χ2n) is 11.6. The largest absolute Gasteiger partial charge is 0.462 e. The van der Waals surface area contributed by atoms with E-state index in [1.807, 2.05) is 0 Å². The van der Waals surface area contributed by atoms with Crippen LogP contribution in [-0.2, 0) is 26.8 Å². The van der Waals surface area contributed by atoms with Crippen molar-refractivity contribution in [2.45, 2.75) is 69.7 Å². The summed E-state index contributed by atoms with van der Waals surface area (Å²) in [6.45, 7) is 4.11. The number of carbonyl (C=O) groups is 2. The minimum atomic E-state index is -0.463. The summed E-state index contributed by atoms with van der Waals surface area (Å²) in [7, 11) is 0. The molecule has 50 heavy (non-hydrogen) atoms. The standard InChI is InChI=1S/C18H18ClFN2O2.C10H11ClFN.C7H7ClN2O2.ClH/c1-2-24-17(23)12-10-21-16(22-11-12)9-18(6-3-7-18)14-8-13(19)4-5-15(14)20;11-7-2-3-9(12)8(6-7)10(13)4-1-5-10;1-2-12-6(11)5-3-9-7(8)10-4-5;/h4-5,8,10-11H,2-3,6-7,9H2,1H3;2-3,6H,1,4-5,13H2;3-4H,2H2,1H3;1H. The van der Waals surface area contributed by atoms with E-state index in [1.165, 1.54) is 36.9 Å². The van der Waals surface area contributed by atoms with Crippen molar-refractivity contribution in [1.82, 2.24) is 19.9 Å². The molecule has 9 nitrogen and oxygen atoms in total. The Morgan fingerprint density at radius 1 is 0.740 bits per heavy atom. The predicted octanol–water partition coefficient (Wildman–Crippen LogP) is 8.66. The average Bonchev–Trinajstić information content (AvgIpc) is 3.05. The molecule has 4 aromatic rings. The van der Waals surface area contributed by atoms with Gasteiger partial charge in [0.25, 0.3) is 0 Å². The normalized spacial score (nSPS) is 14.9. The molecular weight excluding hydrogens is 734 g/mol. The fourth-order valence-electron chi connectivity index (χ4n) is 5.46. The van der Waals surface area contributed by atoms with Crippen molar-refractivity contribution in [2.75, 3.05) is 13.2 Å². The van der Waals surface area contributed by atoms with Crippen molar-refractivity contribution in [2.24, 2.45) is 5.73 Å². The zero-order valence-corrected chi connectivity index (χ0v) is 30.5. The Bertz CT molecular complexity index is 1740. The summed E-state index contributed by atoms with van der Waals surface area (Å²) in [5.41, 5.74) is 7.02. The maximum atomic E-state index is 14.3. The van der Waals surface area contributed by atoms with Gasteiger partial charge in [0.15, 0.2) is 0 Å². The molecule has 0 atom stereocenters. The predicted molar refractivity (Wildman–Crippen MR) is 190 cm³/mol. The van der Waals surface area contributed by atoms with E-state index >= 15 is 0 Å². The van der Waals surface area contributed by atoms with E-state index in [-0.39, 0.29) is 34.7 Å². The smallest absolute Gasteiger partial charge is 0.341 e. The van der Waals surface area contributed by atoms with E-state index < -0.39 is 17.5 Å². The van der Waals surface area contributed by atoms with Crippen LogP contribution in [0.5, 0.6) is 0 Å². The van der Waals surface area contributed by atoms with Gasteiger partial charge in [0.1, 0.15) is 17.5 Å². The van der Waals surface area contributed by atoms with Crippen LogP contribution in [0.15, 0.2) is 61.2 Å². The van der Waals surface area contributed by atoms with Crippen molar-refractivity contribution < 1.29 is 27.8 Å². The quantitative estimate of drug-likeness (QED) is 0.138. The number of hydrogen-bond acceptors (Lipinski definition) is 9. The Morgan fingerprint density at radius 2 is 1.18 bits per heavy atom. The molecule has 268 valence electrons. The summed E-state index contributed by atoms with van der Waals surface area (Å²) >= 11 is 17.2. The van der Waals surface area contributed by atoms with Gasteiger partial charge in [-0.05, 0) is 99.5 Å². The first-order valence-electron chi connectivity index (χ1n) is 15.7. The first-order valence-corrected chi connectivity index (χ1v) is 16.9. The van der Waals surface area contributed by atoms with Crippen LogP contribution in [0.3, 0.4) is 0 Å². The molecular formula is C35H37Cl4F2N5O4. The lowest BCUT2D eigenvalue weighted by molar-refractivity contribution is 0.0515. The average molecular weight is 772 g/mol. The number of benzene rings is 2. The molecule has 2 aromatic carbocycles. The zero-order chi connectivity index (χ0) is 35.6. The van der Waals surface area contributed by atoms with Gasteiger partial charge in [0, 0.05) is 57.8 Å². The number of aromatic nitrogens is 4. The third-order valence-corrected chi connectivity index (χ3v) is 9.03. The Hall–Kier alpha value is -3.48. The summed E-state index contributed by atoms with van der Waals surface area (Å²) in [6, 6.07) is 9.21. The van der Waals surface area contributed by atoms with E-state index in [4.69, 9.17) is 50.0 Å². The van der Waals surface area contributed by atoms with Gasteiger partial charge in [0.05, 0.1) is 24.3 Å². The van der Waals surface area contributed by atoms with E-state index in [0.717, 1.165) is 38.5 Å². The molecule has 0 radical (unpaired) electrons. The summed E-state index contributed by atoms with van der Waals surface area (Å²) in [6.07, 6.45) is 11.6. The number of halogens is 6. The lowest BCUT2D eigenvalue weighted by Crippen LogP contribution is -2.44. The lowest BCUT2D eigenvalue weighted by Gasteiger charge is -2.42. The Kier molecular flexibility index (Phi) is 15.3. The molecule has 6 rings (SSSR count). The minimum Gasteiger partial charge on any atom is -0.462 e. The van der Waals surface area contributed by atoms with Gasteiger partial charge in [-0.2, -0.15) is 0 Å². The molecule has 0 spiro atoms. The van der Waals surface area contributed by atoms with Crippen LogP contribution < -0.4 is 5.73 Å². The molecule has 2 saturated carbocycles. The highest BCUT2D eigenvalue weighted by Crippen LogP contribution is 2.47. The number of esters is 2. The lowest BCUT2D eigenvalue weighted by atomic mass is 9.62. The molecule has 0 unspecified atom stereocenters. The van der Waals surface area contributed by atoms with E-state index in [0.29, 0.717) is 57.8 Å². The van der Waals surface area contributed by atoms with Gasteiger partial charge >= 0.3 is 11.9 Å². The number of hydrogen-bond donors (Lipinski definition) is 1. The molecule has 2 N–H and O–H groups in total. The van der Waals surface area contributed by atoms with E-state index in [9.17, 15) is 18.4 Å². The Balaban J connectivity index is 0.000000220. The maximum Gasteiger partial charge on any atom is 0.341 e. The van der Waals surface area contributed by atoms with Crippen molar-refractivity contribution in [3.8, 4) is 0 Å². The monoisotopic (exact) mass is 769 g/mol. The first-order chi connectivity index (χ1) is 23.4. The number of rotatable bonds is 8. The van der Waals surface area contributed by atoms with Crippen LogP contribution in [-0.4, -0.2) is 45.1 Å². The van der Waals surface area contributed by atoms with Gasteiger partial charge < -0.3 is 15.2 Å². The van der Waals surface area contributed by atoms with Crippen LogP contribution in [0.25, 0.3) is 0 Å². The molecule has 2 aliphatic carbocycles. The molecule has 0 aliphatic heterocycles. The van der Waals surface area contributed by atoms with Crippen LogP contribution in [0, 0.1) is 11.6 Å². The summed E-state index contributed by atoms with van der Waals surface area (Å²) in [5, 5.41) is 1.19.